The number of amides is 1. The van der Waals surface area contributed by atoms with Crippen molar-refractivity contribution in [1.29, 1.82) is 0 Å². The van der Waals surface area contributed by atoms with Crippen molar-refractivity contribution in [3.8, 4) is 0 Å². The summed E-state index contributed by atoms with van der Waals surface area (Å²) >= 11 is 0. The zero-order chi connectivity index (χ0) is 16.1. The normalized spacial score (nSPS) is 20.0. The number of benzene rings is 1. The quantitative estimate of drug-likeness (QED) is 0.832. The molecular formula is C19H25Cl2N3O. The molecule has 1 unspecified atom stereocenters. The number of hydrogen-bond acceptors (Lipinski definition) is 3. The predicted octanol–water partition coefficient (Wildman–Crippen LogP) is 3.51. The smallest absolute Gasteiger partial charge is 0.224 e. The molecule has 1 aromatic heterocycles. The third-order valence-electron chi connectivity index (χ3n) is 4.76. The van der Waals surface area contributed by atoms with E-state index in [1.807, 2.05) is 42.5 Å². The highest BCUT2D eigenvalue weighted by Crippen LogP contribution is 2.32. The molecule has 6 heteroatoms. The van der Waals surface area contributed by atoms with Crippen LogP contribution in [0.1, 0.15) is 36.4 Å². The summed E-state index contributed by atoms with van der Waals surface area (Å²) in [6, 6.07) is 13.8. The summed E-state index contributed by atoms with van der Waals surface area (Å²) in [5, 5.41) is 3.23. The summed E-state index contributed by atoms with van der Waals surface area (Å²) in [6.45, 7) is 0.587. The van der Waals surface area contributed by atoms with Gasteiger partial charge < -0.3 is 11.1 Å². The maximum atomic E-state index is 12.8. The van der Waals surface area contributed by atoms with E-state index in [4.69, 9.17) is 5.73 Å². The van der Waals surface area contributed by atoms with Gasteiger partial charge in [-0.2, -0.15) is 0 Å². The van der Waals surface area contributed by atoms with Gasteiger partial charge in [0.15, 0.2) is 0 Å². The number of carbonyl (C=O) groups excluding carboxylic acids is 1. The van der Waals surface area contributed by atoms with Crippen LogP contribution in [0, 0.1) is 11.8 Å². The molecule has 3 N–H and O–H groups in total. The van der Waals surface area contributed by atoms with Gasteiger partial charge in [-0.1, -0.05) is 36.8 Å². The molecule has 1 saturated carbocycles. The van der Waals surface area contributed by atoms with E-state index in [1.165, 1.54) is 0 Å². The molecule has 0 radical (unpaired) electrons. The van der Waals surface area contributed by atoms with Crippen LogP contribution in [0.25, 0.3) is 0 Å². The molecule has 0 bridgehead atoms. The van der Waals surface area contributed by atoms with Gasteiger partial charge in [-0.25, -0.2) is 0 Å². The van der Waals surface area contributed by atoms with E-state index in [9.17, 15) is 4.79 Å². The van der Waals surface area contributed by atoms with Crippen LogP contribution in [0.4, 0.5) is 0 Å². The van der Waals surface area contributed by atoms with Crippen LogP contribution in [0.15, 0.2) is 54.9 Å². The Balaban J connectivity index is 0.00000156. The van der Waals surface area contributed by atoms with Crippen LogP contribution in [-0.2, 0) is 4.79 Å². The van der Waals surface area contributed by atoms with Crippen molar-refractivity contribution >= 4 is 30.7 Å². The van der Waals surface area contributed by atoms with Gasteiger partial charge >= 0.3 is 0 Å². The predicted molar refractivity (Wildman–Crippen MR) is 105 cm³/mol. The second-order valence-corrected chi connectivity index (χ2v) is 6.17. The van der Waals surface area contributed by atoms with E-state index in [0.29, 0.717) is 12.5 Å². The first kappa shape index (κ1) is 21.4. The maximum Gasteiger partial charge on any atom is 0.224 e. The third-order valence-corrected chi connectivity index (χ3v) is 4.76. The summed E-state index contributed by atoms with van der Waals surface area (Å²) in [7, 11) is 0. The molecule has 1 amide bonds. The maximum absolute atomic E-state index is 12.8. The Kier molecular flexibility index (Phi) is 8.90. The minimum absolute atomic E-state index is 0. The van der Waals surface area contributed by atoms with E-state index in [1.54, 1.807) is 12.4 Å². The lowest BCUT2D eigenvalue weighted by atomic mass is 9.93. The molecule has 0 aliphatic heterocycles. The molecule has 3 atom stereocenters. The number of pyridine rings is 1. The number of halogens is 2. The topological polar surface area (TPSA) is 68.0 Å². The Morgan fingerprint density at radius 2 is 1.72 bits per heavy atom. The van der Waals surface area contributed by atoms with Gasteiger partial charge in [-0.05, 0) is 48.6 Å². The second-order valence-electron chi connectivity index (χ2n) is 6.17. The summed E-state index contributed by atoms with van der Waals surface area (Å²) in [5.41, 5.74) is 7.95. The van der Waals surface area contributed by atoms with Crippen LogP contribution in [-0.4, -0.2) is 17.4 Å². The van der Waals surface area contributed by atoms with Gasteiger partial charge in [0.05, 0.1) is 6.04 Å². The highest BCUT2D eigenvalue weighted by molar-refractivity contribution is 5.85. The number of nitrogens with two attached hydrogens (primary N) is 1. The molecule has 3 rings (SSSR count). The summed E-state index contributed by atoms with van der Waals surface area (Å²) in [6.07, 6.45) is 6.60. The average molecular weight is 382 g/mol. The molecule has 1 heterocycles. The van der Waals surface area contributed by atoms with Crippen LogP contribution < -0.4 is 11.1 Å². The van der Waals surface area contributed by atoms with Gasteiger partial charge in [-0.15, -0.1) is 24.8 Å². The van der Waals surface area contributed by atoms with Gasteiger partial charge in [0.1, 0.15) is 0 Å². The molecule has 0 spiro atoms. The minimum atomic E-state index is -0.147. The molecule has 2 aromatic rings. The molecule has 1 aromatic carbocycles. The SMILES string of the molecule is Cl.Cl.NC[C@H]1CCC[C@H]1C(=O)NC(c1ccccc1)c1ccncc1. The highest BCUT2D eigenvalue weighted by Gasteiger charge is 2.33. The Labute approximate surface area is 161 Å². The first-order valence-corrected chi connectivity index (χ1v) is 8.25. The van der Waals surface area contributed by atoms with Crippen LogP contribution in [0.2, 0.25) is 0 Å². The lowest BCUT2D eigenvalue weighted by Crippen LogP contribution is -2.37. The first-order chi connectivity index (χ1) is 11.3. The summed E-state index contributed by atoms with van der Waals surface area (Å²) < 4.78 is 0. The van der Waals surface area contributed by atoms with Crippen molar-refractivity contribution in [2.45, 2.75) is 25.3 Å². The lowest BCUT2D eigenvalue weighted by Gasteiger charge is -2.24. The van der Waals surface area contributed by atoms with E-state index >= 15 is 0 Å². The number of carbonyl (C=O) groups is 1. The molecule has 1 aliphatic carbocycles. The fourth-order valence-corrected chi connectivity index (χ4v) is 3.47. The van der Waals surface area contributed by atoms with Crippen molar-refractivity contribution in [3.05, 3.63) is 66.0 Å². The average Bonchev–Trinajstić information content (AvgIpc) is 3.10. The number of nitrogens with one attached hydrogen (secondary N) is 1. The van der Waals surface area contributed by atoms with Crippen LogP contribution >= 0.6 is 24.8 Å². The molecule has 25 heavy (non-hydrogen) atoms. The largest absolute Gasteiger partial charge is 0.345 e. The van der Waals surface area contributed by atoms with Crippen LogP contribution in [0.5, 0.6) is 0 Å². The number of nitrogens with zero attached hydrogens (tertiary/aromatic N) is 1. The minimum Gasteiger partial charge on any atom is -0.345 e. The zero-order valence-electron chi connectivity index (χ0n) is 14.0. The fourth-order valence-electron chi connectivity index (χ4n) is 3.47. The first-order valence-electron chi connectivity index (χ1n) is 8.25. The van der Waals surface area contributed by atoms with Gasteiger partial charge in [0, 0.05) is 18.3 Å². The van der Waals surface area contributed by atoms with Gasteiger partial charge in [0.25, 0.3) is 0 Å². The standard InChI is InChI=1S/C19H23N3O.2ClH/c20-13-16-7-4-8-17(16)19(23)22-18(14-5-2-1-3-6-14)15-9-11-21-12-10-15;;/h1-3,5-6,9-12,16-18H,4,7-8,13,20H2,(H,22,23);2*1H/t16-,17-,18?;;/m1../s1. The lowest BCUT2D eigenvalue weighted by molar-refractivity contribution is -0.126. The third kappa shape index (κ3) is 5.18. The van der Waals surface area contributed by atoms with Crippen molar-refractivity contribution in [1.82, 2.24) is 10.3 Å². The van der Waals surface area contributed by atoms with Gasteiger partial charge in [0.2, 0.25) is 5.91 Å². The Bertz CT molecular complexity index is 600. The highest BCUT2D eigenvalue weighted by atomic mass is 35.5. The van der Waals surface area contributed by atoms with Crippen LogP contribution in [0.3, 0.4) is 0 Å². The fraction of sp³-hybridized carbons (Fsp3) is 0.368. The molecule has 0 saturated heterocycles. The molecule has 4 nitrogen and oxygen atoms in total. The van der Waals surface area contributed by atoms with Crippen molar-refractivity contribution < 1.29 is 4.79 Å². The van der Waals surface area contributed by atoms with E-state index < -0.39 is 0 Å². The number of rotatable bonds is 5. The molecule has 136 valence electrons. The van der Waals surface area contributed by atoms with E-state index in [0.717, 1.165) is 30.4 Å². The molecular weight excluding hydrogens is 357 g/mol. The molecule has 1 fully saturated rings. The Morgan fingerprint density at radius 1 is 1.08 bits per heavy atom. The van der Waals surface area contributed by atoms with E-state index in [2.05, 4.69) is 10.3 Å². The van der Waals surface area contributed by atoms with Crippen molar-refractivity contribution in [2.75, 3.05) is 6.54 Å². The van der Waals surface area contributed by atoms with Gasteiger partial charge in [-0.3, -0.25) is 9.78 Å². The molecule has 1 aliphatic rings. The second kappa shape index (κ2) is 10.4. The van der Waals surface area contributed by atoms with E-state index in [-0.39, 0.29) is 42.7 Å². The summed E-state index contributed by atoms with van der Waals surface area (Å²) in [4.78, 5) is 16.9. The Morgan fingerprint density at radius 3 is 2.36 bits per heavy atom. The zero-order valence-corrected chi connectivity index (χ0v) is 15.6. The monoisotopic (exact) mass is 381 g/mol. The Hall–Kier alpha value is -1.62. The number of aromatic nitrogens is 1. The summed E-state index contributed by atoms with van der Waals surface area (Å²) in [5.74, 6) is 0.459. The van der Waals surface area contributed by atoms with Crippen molar-refractivity contribution in [2.24, 2.45) is 17.6 Å². The van der Waals surface area contributed by atoms with Crippen molar-refractivity contribution in [3.63, 3.8) is 0 Å². The number of hydrogen-bond donors (Lipinski definition) is 2.